The average Bonchev–Trinajstić information content (AvgIpc) is 3.10. The number of nitrogens with zero attached hydrogens (tertiary/aromatic N) is 3. The number of anilines is 1. The van der Waals surface area contributed by atoms with Crippen molar-refractivity contribution in [1.82, 2.24) is 4.57 Å². The van der Waals surface area contributed by atoms with Crippen molar-refractivity contribution in [3.05, 3.63) is 82.6 Å². The summed E-state index contributed by atoms with van der Waals surface area (Å²) < 4.78 is 21.0. The predicted octanol–water partition coefficient (Wildman–Crippen LogP) is 8.12. The van der Waals surface area contributed by atoms with Gasteiger partial charge in [-0.2, -0.15) is 0 Å². The van der Waals surface area contributed by atoms with Crippen LogP contribution in [0.15, 0.2) is 71.7 Å². The molecule has 2 heterocycles. The lowest BCUT2D eigenvalue weighted by atomic mass is 10.1. The van der Waals surface area contributed by atoms with Crippen molar-refractivity contribution in [2.75, 3.05) is 57.9 Å². The van der Waals surface area contributed by atoms with Crippen molar-refractivity contribution in [3.8, 4) is 28.7 Å². The largest absolute Gasteiger partial charge is 0.508 e. The van der Waals surface area contributed by atoms with Crippen LogP contribution >= 0.6 is 0 Å². The van der Waals surface area contributed by atoms with E-state index in [1.165, 1.54) is 73.6 Å². The maximum atomic E-state index is 14.1. The SMILES string of the molecule is CCOc1cc(OCC)cc(-n2cc(C(=O)N(CC)c3cccc(O)c3)c(=O)c3ccc(OCCCCCCC[N+]4(C)CCCCC4)cc32)c1. The molecule has 9 heteroatoms. The average molecular weight is 685 g/mol. The Morgan fingerprint density at radius 3 is 2.20 bits per heavy atom. The first-order valence-corrected chi connectivity index (χ1v) is 18.4. The van der Waals surface area contributed by atoms with E-state index in [0.717, 1.165) is 12.8 Å². The summed E-state index contributed by atoms with van der Waals surface area (Å²) in [4.78, 5) is 29.6. The first-order chi connectivity index (χ1) is 24.2. The number of likely N-dealkylation sites (tertiary alicyclic amines) is 1. The van der Waals surface area contributed by atoms with Gasteiger partial charge in [0.15, 0.2) is 0 Å². The van der Waals surface area contributed by atoms with E-state index < -0.39 is 5.91 Å². The summed E-state index contributed by atoms with van der Waals surface area (Å²) in [6.07, 6.45) is 11.5. The van der Waals surface area contributed by atoms with E-state index in [9.17, 15) is 14.7 Å². The summed E-state index contributed by atoms with van der Waals surface area (Å²) in [5.41, 5.74) is 1.42. The number of benzene rings is 3. The zero-order valence-corrected chi connectivity index (χ0v) is 30.3. The molecule has 0 radical (unpaired) electrons. The van der Waals surface area contributed by atoms with Crippen molar-refractivity contribution in [3.63, 3.8) is 0 Å². The summed E-state index contributed by atoms with van der Waals surface area (Å²) in [5.74, 6) is 1.46. The molecular weight excluding hydrogens is 630 g/mol. The van der Waals surface area contributed by atoms with Gasteiger partial charge in [-0.05, 0) is 83.6 Å². The zero-order valence-electron chi connectivity index (χ0n) is 30.3. The van der Waals surface area contributed by atoms with Gasteiger partial charge in [-0.1, -0.05) is 18.9 Å². The second-order valence-corrected chi connectivity index (χ2v) is 13.5. The van der Waals surface area contributed by atoms with Gasteiger partial charge in [0.1, 0.15) is 28.6 Å². The number of quaternary nitrogens is 1. The minimum Gasteiger partial charge on any atom is -0.508 e. The third-order valence-electron chi connectivity index (χ3n) is 9.68. The zero-order chi connectivity index (χ0) is 35.5. The summed E-state index contributed by atoms with van der Waals surface area (Å²) in [5, 5.41) is 10.5. The Balaban J connectivity index is 1.40. The van der Waals surface area contributed by atoms with Crippen molar-refractivity contribution in [1.29, 1.82) is 0 Å². The Kier molecular flexibility index (Phi) is 12.8. The number of phenols is 1. The van der Waals surface area contributed by atoms with Crippen LogP contribution in [0.2, 0.25) is 0 Å². The lowest BCUT2D eigenvalue weighted by molar-refractivity contribution is -0.914. The Morgan fingerprint density at radius 1 is 0.820 bits per heavy atom. The summed E-state index contributed by atoms with van der Waals surface area (Å²) in [7, 11) is 2.42. The molecule has 0 bridgehead atoms. The van der Waals surface area contributed by atoms with E-state index in [4.69, 9.17) is 14.2 Å². The highest BCUT2D eigenvalue weighted by Gasteiger charge is 2.24. The van der Waals surface area contributed by atoms with Crippen molar-refractivity contribution < 1.29 is 28.6 Å². The highest BCUT2D eigenvalue weighted by atomic mass is 16.5. The number of fused-ring (bicyclic) bond motifs is 1. The second-order valence-electron chi connectivity index (χ2n) is 13.5. The first kappa shape index (κ1) is 36.8. The summed E-state index contributed by atoms with van der Waals surface area (Å²) in [6, 6.07) is 17.5. The van der Waals surface area contributed by atoms with Crippen LogP contribution in [0.1, 0.15) is 82.5 Å². The van der Waals surface area contributed by atoms with Gasteiger partial charge in [-0.15, -0.1) is 0 Å². The molecule has 1 fully saturated rings. The molecule has 1 aromatic heterocycles. The van der Waals surface area contributed by atoms with E-state index in [2.05, 4.69) is 7.05 Å². The number of amides is 1. The molecule has 3 aromatic carbocycles. The molecule has 0 atom stereocenters. The number of rotatable bonds is 17. The van der Waals surface area contributed by atoms with Crippen LogP contribution in [0.25, 0.3) is 16.6 Å². The fourth-order valence-electron chi connectivity index (χ4n) is 7.02. The quantitative estimate of drug-likeness (QED) is 0.0893. The van der Waals surface area contributed by atoms with Gasteiger partial charge in [0.05, 0.1) is 57.7 Å². The number of hydrogen-bond donors (Lipinski definition) is 1. The molecule has 1 amide bonds. The number of pyridine rings is 1. The molecule has 1 aliphatic rings. The van der Waals surface area contributed by atoms with Gasteiger partial charge in [0.2, 0.25) is 5.43 Å². The van der Waals surface area contributed by atoms with E-state index in [-0.39, 0.29) is 16.7 Å². The smallest absolute Gasteiger partial charge is 0.263 e. The van der Waals surface area contributed by atoms with Gasteiger partial charge in [-0.3, -0.25) is 9.59 Å². The first-order valence-electron chi connectivity index (χ1n) is 18.4. The normalized spacial score (nSPS) is 14.0. The Labute approximate surface area is 296 Å². The van der Waals surface area contributed by atoms with Crippen molar-refractivity contribution in [2.45, 2.75) is 72.1 Å². The van der Waals surface area contributed by atoms with Crippen LogP contribution in [-0.4, -0.2) is 73.1 Å². The van der Waals surface area contributed by atoms with Crippen LogP contribution in [-0.2, 0) is 0 Å². The summed E-state index contributed by atoms with van der Waals surface area (Å²) >= 11 is 0. The molecule has 0 saturated carbocycles. The Morgan fingerprint density at radius 2 is 1.52 bits per heavy atom. The lowest BCUT2D eigenvalue weighted by Crippen LogP contribution is -2.48. The number of carbonyl (C=O) groups is 1. The number of ether oxygens (including phenoxy) is 3. The molecule has 268 valence electrons. The van der Waals surface area contributed by atoms with E-state index >= 15 is 0 Å². The minimum atomic E-state index is -0.461. The van der Waals surface area contributed by atoms with Crippen LogP contribution in [0.4, 0.5) is 5.69 Å². The number of carbonyl (C=O) groups excluding carboxylic acids is 1. The fraction of sp³-hybridized carbons (Fsp3) is 0.463. The maximum Gasteiger partial charge on any atom is 0.263 e. The van der Waals surface area contributed by atoms with Crippen LogP contribution in [0.5, 0.6) is 23.0 Å². The topological polar surface area (TPSA) is 90.2 Å². The highest BCUT2D eigenvalue weighted by molar-refractivity contribution is 6.07. The molecule has 5 rings (SSSR count). The monoisotopic (exact) mass is 684 g/mol. The lowest BCUT2D eigenvalue weighted by Gasteiger charge is -2.37. The van der Waals surface area contributed by atoms with Gasteiger partial charge in [0, 0.05) is 54.1 Å². The van der Waals surface area contributed by atoms with Gasteiger partial charge in [-0.25, -0.2) is 0 Å². The van der Waals surface area contributed by atoms with E-state index in [0.29, 0.717) is 65.9 Å². The number of hydrogen-bond acceptors (Lipinski definition) is 6. The standard InChI is InChI=1S/C41H53N3O6/c1-5-42(31-17-16-18-33(45)25-31)41(47)38-30-43(32-26-35(48-6-2)28-36(27-32)49-7-3)39-29-34(19-20-37(39)40(38)46)50-24-15-10-8-9-12-21-44(4)22-13-11-14-23-44/h16-20,25-30H,5-15,21-24H2,1-4H3/p+1. The summed E-state index contributed by atoms with van der Waals surface area (Å²) in [6.45, 7) is 11.4. The molecular formula is C41H54N3O6+. The molecule has 1 aliphatic heterocycles. The molecule has 0 unspecified atom stereocenters. The minimum absolute atomic E-state index is 0.00687. The predicted molar refractivity (Wildman–Crippen MR) is 201 cm³/mol. The van der Waals surface area contributed by atoms with Crippen molar-refractivity contribution >= 4 is 22.5 Å². The molecule has 0 spiro atoms. The number of piperidine rings is 1. The van der Waals surface area contributed by atoms with Crippen LogP contribution in [0, 0.1) is 0 Å². The number of aromatic nitrogens is 1. The maximum absolute atomic E-state index is 14.1. The van der Waals surface area contributed by atoms with Gasteiger partial charge >= 0.3 is 0 Å². The van der Waals surface area contributed by atoms with E-state index in [1.54, 1.807) is 36.5 Å². The van der Waals surface area contributed by atoms with E-state index in [1.807, 2.05) is 49.6 Å². The number of phenolic OH excluding ortho intramolecular Hbond substituents is 1. The molecule has 4 aromatic rings. The van der Waals surface area contributed by atoms with Gasteiger partial charge < -0.3 is 33.3 Å². The molecule has 1 saturated heterocycles. The third kappa shape index (κ3) is 9.18. The van der Waals surface area contributed by atoms with Crippen LogP contribution < -0.4 is 24.5 Å². The molecule has 0 aliphatic carbocycles. The molecule has 50 heavy (non-hydrogen) atoms. The number of aromatic hydroxyl groups is 1. The molecule has 9 nitrogen and oxygen atoms in total. The van der Waals surface area contributed by atoms with Crippen LogP contribution in [0.3, 0.4) is 0 Å². The fourth-order valence-corrected chi connectivity index (χ4v) is 7.02. The Hall–Kier alpha value is -4.50. The number of unbranched alkanes of at least 4 members (excludes halogenated alkanes) is 4. The molecule has 1 N–H and O–H groups in total. The third-order valence-corrected chi connectivity index (χ3v) is 9.68. The second kappa shape index (κ2) is 17.4. The van der Waals surface area contributed by atoms with Gasteiger partial charge in [0.25, 0.3) is 5.91 Å². The highest BCUT2D eigenvalue weighted by Crippen LogP contribution is 2.30. The Bertz CT molecular complexity index is 1770. The van der Waals surface area contributed by atoms with Crippen molar-refractivity contribution in [2.24, 2.45) is 0 Å².